The summed E-state index contributed by atoms with van der Waals surface area (Å²) in [4.78, 5) is 17.4. The molecule has 0 radical (unpaired) electrons. The lowest BCUT2D eigenvalue weighted by Gasteiger charge is -2.20. The summed E-state index contributed by atoms with van der Waals surface area (Å²) in [6, 6.07) is 16.3. The van der Waals surface area contributed by atoms with Crippen molar-refractivity contribution in [3.63, 3.8) is 0 Å². The Balaban J connectivity index is 1.78. The van der Waals surface area contributed by atoms with Crippen molar-refractivity contribution in [1.29, 1.82) is 0 Å². The summed E-state index contributed by atoms with van der Waals surface area (Å²) < 4.78 is 0. The van der Waals surface area contributed by atoms with Crippen LogP contribution in [0.2, 0.25) is 0 Å². The van der Waals surface area contributed by atoms with Gasteiger partial charge in [-0.3, -0.25) is 4.79 Å². The van der Waals surface area contributed by atoms with E-state index in [1.54, 1.807) is 11.3 Å². The molecule has 1 aromatic heterocycles. The van der Waals surface area contributed by atoms with Crippen molar-refractivity contribution in [2.24, 2.45) is 0 Å². The van der Waals surface area contributed by atoms with Gasteiger partial charge in [-0.1, -0.05) is 76.2 Å². The topological polar surface area (TPSA) is 42.0 Å². The summed E-state index contributed by atoms with van der Waals surface area (Å²) in [7, 11) is 0. The fourth-order valence-corrected chi connectivity index (χ4v) is 3.97. The number of hydrogen-bond donors (Lipinski definition) is 1. The van der Waals surface area contributed by atoms with Crippen molar-refractivity contribution in [2.75, 3.05) is 5.32 Å². The number of thiazole rings is 1. The van der Waals surface area contributed by atoms with E-state index in [1.807, 2.05) is 35.7 Å². The number of hydrogen-bond acceptors (Lipinski definition) is 3. The van der Waals surface area contributed by atoms with E-state index in [0.717, 1.165) is 22.0 Å². The molecule has 0 aliphatic rings. The molecule has 0 unspecified atom stereocenters. The van der Waals surface area contributed by atoms with Crippen LogP contribution < -0.4 is 5.32 Å². The van der Waals surface area contributed by atoms with E-state index in [4.69, 9.17) is 0 Å². The van der Waals surface area contributed by atoms with E-state index in [-0.39, 0.29) is 12.3 Å². The van der Waals surface area contributed by atoms with Crippen molar-refractivity contribution < 1.29 is 4.79 Å². The highest BCUT2D eigenvalue weighted by atomic mass is 32.1. The number of carbonyl (C=O) groups is 1. The molecular weight excluding hydrogens is 352 g/mol. The molecule has 1 N–H and O–H groups in total. The lowest BCUT2D eigenvalue weighted by atomic mass is 9.92. The van der Waals surface area contributed by atoms with Crippen LogP contribution in [0.15, 0.2) is 53.9 Å². The summed E-state index contributed by atoms with van der Waals surface area (Å²) >= 11 is 1.58. The molecule has 0 saturated heterocycles. The first-order valence-corrected chi connectivity index (χ1v) is 10.3. The maximum Gasteiger partial charge on any atom is 0.230 e. The average molecular weight is 379 g/mol. The number of anilines is 1. The molecule has 0 aliphatic heterocycles. The minimum atomic E-state index is -0.0186. The van der Waals surface area contributed by atoms with E-state index >= 15 is 0 Å². The molecule has 1 amide bonds. The Morgan fingerprint density at radius 2 is 1.59 bits per heavy atom. The third-order valence-corrected chi connectivity index (χ3v) is 5.49. The van der Waals surface area contributed by atoms with Gasteiger partial charge in [0.2, 0.25) is 5.91 Å². The molecule has 2 aromatic carbocycles. The average Bonchev–Trinajstić information content (AvgIpc) is 3.10. The second-order valence-corrected chi connectivity index (χ2v) is 8.21. The van der Waals surface area contributed by atoms with E-state index in [2.05, 4.69) is 56.2 Å². The number of benzene rings is 2. The monoisotopic (exact) mass is 378 g/mol. The molecule has 0 fully saturated rings. The highest BCUT2D eigenvalue weighted by Gasteiger charge is 2.17. The van der Waals surface area contributed by atoms with Gasteiger partial charge in [-0.15, -0.1) is 11.3 Å². The maximum absolute atomic E-state index is 12.7. The Bertz CT molecular complexity index is 887. The second kappa shape index (κ2) is 8.49. The SMILES string of the molecule is CC(C)c1cccc(C(C)C)c1NC(=O)Cc1csc(-c2ccccc2)n1. The van der Waals surface area contributed by atoms with Crippen LogP contribution in [-0.2, 0) is 11.2 Å². The smallest absolute Gasteiger partial charge is 0.230 e. The Hall–Kier alpha value is -2.46. The van der Waals surface area contributed by atoms with Crippen molar-refractivity contribution in [2.45, 2.75) is 46.0 Å². The number of amides is 1. The Labute approximate surface area is 165 Å². The van der Waals surface area contributed by atoms with Crippen LogP contribution in [-0.4, -0.2) is 10.9 Å². The molecule has 1 heterocycles. The summed E-state index contributed by atoms with van der Waals surface area (Å²) in [5, 5.41) is 6.08. The van der Waals surface area contributed by atoms with E-state index < -0.39 is 0 Å². The first kappa shape index (κ1) is 19.3. The van der Waals surface area contributed by atoms with Gasteiger partial charge in [-0.05, 0) is 23.0 Å². The molecule has 0 spiro atoms. The fraction of sp³-hybridized carbons (Fsp3) is 0.304. The Morgan fingerprint density at radius 1 is 0.963 bits per heavy atom. The summed E-state index contributed by atoms with van der Waals surface area (Å²) in [6.45, 7) is 8.62. The zero-order valence-corrected chi connectivity index (χ0v) is 17.1. The first-order valence-electron chi connectivity index (χ1n) is 9.38. The normalized spacial score (nSPS) is 11.2. The number of rotatable bonds is 6. The van der Waals surface area contributed by atoms with Crippen molar-refractivity contribution in [3.05, 3.63) is 70.7 Å². The minimum Gasteiger partial charge on any atom is -0.325 e. The summed E-state index contributed by atoms with van der Waals surface area (Å²) in [6.07, 6.45) is 0.285. The van der Waals surface area contributed by atoms with Crippen LogP contribution in [0.5, 0.6) is 0 Å². The van der Waals surface area contributed by atoms with Gasteiger partial charge in [0.05, 0.1) is 12.1 Å². The number of para-hydroxylation sites is 1. The van der Waals surface area contributed by atoms with Gasteiger partial charge in [0.15, 0.2) is 0 Å². The van der Waals surface area contributed by atoms with E-state index in [9.17, 15) is 4.79 Å². The highest BCUT2D eigenvalue weighted by molar-refractivity contribution is 7.13. The molecule has 140 valence electrons. The van der Waals surface area contributed by atoms with Gasteiger partial charge in [0.1, 0.15) is 5.01 Å². The second-order valence-electron chi connectivity index (χ2n) is 7.36. The van der Waals surface area contributed by atoms with Crippen LogP contribution >= 0.6 is 11.3 Å². The van der Waals surface area contributed by atoms with Gasteiger partial charge in [-0.25, -0.2) is 4.98 Å². The minimum absolute atomic E-state index is 0.0186. The van der Waals surface area contributed by atoms with Crippen LogP contribution in [0.4, 0.5) is 5.69 Å². The lowest BCUT2D eigenvalue weighted by Crippen LogP contribution is -2.18. The van der Waals surface area contributed by atoms with Crippen molar-refractivity contribution >= 4 is 22.9 Å². The quantitative estimate of drug-likeness (QED) is 0.552. The number of carbonyl (C=O) groups excluding carboxylic acids is 1. The van der Waals surface area contributed by atoms with Crippen molar-refractivity contribution in [3.8, 4) is 10.6 Å². The standard InChI is InChI=1S/C23H26N2OS/c1-15(2)19-11-8-12-20(16(3)4)22(19)25-21(26)13-18-14-27-23(24-18)17-9-6-5-7-10-17/h5-12,14-16H,13H2,1-4H3,(H,25,26). The molecule has 0 aliphatic carbocycles. The van der Waals surface area contributed by atoms with Gasteiger partial charge < -0.3 is 5.32 Å². The molecule has 27 heavy (non-hydrogen) atoms. The van der Waals surface area contributed by atoms with Crippen LogP contribution in [0.1, 0.15) is 56.4 Å². The van der Waals surface area contributed by atoms with Crippen LogP contribution in [0.25, 0.3) is 10.6 Å². The lowest BCUT2D eigenvalue weighted by molar-refractivity contribution is -0.115. The third kappa shape index (κ3) is 4.64. The van der Waals surface area contributed by atoms with Gasteiger partial charge in [0.25, 0.3) is 0 Å². The first-order chi connectivity index (χ1) is 13.0. The molecule has 3 aromatic rings. The van der Waals surface area contributed by atoms with Crippen LogP contribution in [0, 0.1) is 0 Å². The number of aromatic nitrogens is 1. The summed E-state index contributed by atoms with van der Waals surface area (Å²) in [5.74, 6) is 0.681. The molecular formula is C23H26N2OS. The predicted octanol–water partition coefficient (Wildman–Crippen LogP) is 6.24. The van der Waals surface area contributed by atoms with Gasteiger partial charge in [-0.2, -0.15) is 0 Å². The van der Waals surface area contributed by atoms with E-state index in [1.165, 1.54) is 11.1 Å². The molecule has 0 bridgehead atoms. The Kier molecular flexibility index (Phi) is 6.07. The number of nitrogens with zero attached hydrogens (tertiary/aromatic N) is 1. The number of nitrogens with one attached hydrogen (secondary N) is 1. The zero-order chi connectivity index (χ0) is 19.4. The molecule has 0 atom stereocenters. The Morgan fingerprint density at radius 3 is 2.19 bits per heavy atom. The third-order valence-electron chi connectivity index (χ3n) is 4.55. The summed E-state index contributed by atoms with van der Waals surface area (Å²) in [5.41, 5.74) is 5.22. The largest absolute Gasteiger partial charge is 0.325 e. The van der Waals surface area contributed by atoms with Gasteiger partial charge in [0, 0.05) is 16.6 Å². The van der Waals surface area contributed by atoms with Crippen molar-refractivity contribution in [1.82, 2.24) is 4.98 Å². The predicted molar refractivity (Wildman–Crippen MR) is 115 cm³/mol. The molecule has 3 rings (SSSR count). The molecule has 3 nitrogen and oxygen atoms in total. The van der Waals surface area contributed by atoms with E-state index in [0.29, 0.717) is 11.8 Å². The highest BCUT2D eigenvalue weighted by Crippen LogP contribution is 2.32. The van der Waals surface area contributed by atoms with Gasteiger partial charge >= 0.3 is 0 Å². The van der Waals surface area contributed by atoms with Crippen LogP contribution in [0.3, 0.4) is 0 Å². The maximum atomic E-state index is 12.7. The fourth-order valence-electron chi connectivity index (χ4n) is 3.14. The molecule has 0 saturated carbocycles. The molecule has 4 heteroatoms. The zero-order valence-electron chi connectivity index (χ0n) is 16.3.